The molecule has 0 spiro atoms. The molecule has 1 aliphatic rings. The Bertz CT molecular complexity index is 405. The fourth-order valence-electron chi connectivity index (χ4n) is 2.02. The lowest BCUT2D eigenvalue weighted by molar-refractivity contribution is 0.598. The summed E-state index contributed by atoms with van der Waals surface area (Å²) in [5.74, 6) is 1.01. The second-order valence-electron chi connectivity index (χ2n) is 4.57. The Labute approximate surface area is 125 Å². The molecule has 2 heterocycles. The van der Waals surface area contributed by atoms with E-state index in [0.717, 1.165) is 19.5 Å². The molecule has 1 atom stereocenters. The van der Waals surface area contributed by atoms with E-state index in [9.17, 15) is 4.39 Å². The third-order valence-corrected chi connectivity index (χ3v) is 3.04. The second-order valence-corrected chi connectivity index (χ2v) is 4.57. The van der Waals surface area contributed by atoms with E-state index in [0.29, 0.717) is 24.2 Å². The minimum atomic E-state index is -0.395. The third-order valence-electron chi connectivity index (χ3n) is 3.04. The summed E-state index contributed by atoms with van der Waals surface area (Å²) in [6.07, 6.45) is 2.28. The van der Waals surface area contributed by atoms with Crippen molar-refractivity contribution < 1.29 is 4.39 Å². The molecule has 0 aliphatic carbocycles. The Balaban J connectivity index is 0.00000162. The van der Waals surface area contributed by atoms with E-state index in [1.54, 1.807) is 19.0 Å². The van der Waals surface area contributed by atoms with E-state index in [2.05, 4.69) is 14.9 Å². The number of nitrogens with two attached hydrogens (primary N) is 1. The fraction of sp³-hybridized carbons (Fsp3) is 0.636. The molecule has 5 nitrogen and oxygen atoms in total. The monoisotopic (exact) mass is 311 g/mol. The summed E-state index contributed by atoms with van der Waals surface area (Å²) in [5.41, 5.74) is 5.64. The molecule has 19 heavy (non-hydrogen) atoms. The maximum absolute atomic E-state index is 13.4. The van der Waals surface area contributed by atoms with Crippen molar-refractivity contribution in [1.29, 1.82) is 0 Å². The highest BCUT2D eigenvalue weighted by atomic mass is 35.5. The van der Waals surface area contributed by atoms with Gasteiger partial charge in [-0.05, 0) is 18.9 Å². The summed E-state index contributed by atoms with van der Waals surface area (Å²) >= 11 is 0. The van der Waals surface area contributed by atoms with Crippen LogP contribution in [0.15, 0.2) is 6.20 Å². The van der Waals surface area contributed by atoms with Crippen molar-refractivity contribution in [2.75, 3.05) is 43.5 Å². The van der Waals surface area contributed by atoms with Crippen molar-refractivity contribution >= 4 is 36.6 Å². The molecule has 1 saturated heterocycles. The van der Waals surface area contributed by atoms with Crippen LogP contribution in [0.1, 0.15) is 6.42 Å². The molecule has 1 fully saturated rings. The molecule has 1 unspecified atom stereocenters. The van der Waals surface area contributed by atoms with Gasteiger partial charge in [-0.25, -0.2) is 9.37 Å². The lowest BCUT2D eigenvalue weighted by Crippen LogP contribution is -2.25. The average molecular weight is 312 g/mol. The quantitative estimate of drug-likeness (QED) is 0.912. The maximum Gasteiger partial charge on any atom is 0.227 e. The van der Waals surface area contributed by atoms with Crippen LogP contribution in [0.4, 0.5) is 16.2 Å². The molecule has 1 aromatic rings. The van der Waals surface area contributed by atoms with E-state index in [4.69, 9.17) is 5.73 Å². The van der Waals surface area contributed by atoms with Crippen molar-refractivity contribution in [2.45, 2.75) is 6.42 Å². The van der Waals surface area contributed by atoms with Crippen LogP contribution in [-0.4, -0.2) is 43.7 Å². The predicted octanol–water partition coefficient (Wildman–Crippen LogP) is 1.31. The average Bonchev–Trinajstić information content (AvgIpc) is 2.78. The van der Waals surface area contributed by atoms with Crippen molar-refractivity contribution in [2.24, 2.45) is 11.7 Å². The van der Waals surface area contributed by atoms with Crippen LogP contribution in [-0.2, 0) is 0 Å². The highest BCUT2D eigenvalue weighted by molar-refractivity contribution is 5.85. The Morgan fingerprint density at radius 1 is 1.47 bits per heavy atom. The van der Waals surface area contributed by atoms with Gasteiger partial charge in [0, 0.05) is 27.2 Å². The molecule has 0 amide bonds. The number of hydrogen-bond acceptors (Lipinski definition) is 5. The number of aromatic nitrogens is 2. The van der Waals surface area contributed by atoms with Crippen LogP contribution in [0.25, 0.3) is 0 Å². The van der Waals surface area contributed by atoms with E-state index < -0.39 is 5.82 Å². The van der Waals surface area contributed by atoms with Crippen LogP contribution in [0.5, 0.6) is 0 Å². The standard InChI is InChI=1S/C11H18FN5.2ClH/c1-16(2)10-9(12)6-14-11(15-10)17-4-3-8(5-13)7-17;;/h6,8H,3-5,7,13H2,1-2H3;2*1H. The molecule has 0 aromatic carbocycles. The van der Waals surface area contributed by atoms with Crippen LogP contribution in [0, 0.1) is 11.7 Å². The number of hydrogen-bond donors (Lipinski definition) is 1. The number of anilines is 2. The summed E-state index contributed by atoms with van der Waals surface area (Å²) in [5, 5.41) is 0. The van der Waals surface area contributed by atoms with Crippen LogP contribution in [0.3, 0.4) is 0 Å². The first-order chi connectivity index (χ1) is 8.11. The van der Waals surface area contributed by atoms with Crippen LogP contribution >= 0.6 is 24.8 Å². The number of nitrogens with zero attached hydrogens (tertiary/aromatic N) is 4. The highest BCUT2D eigenvalue weighted by Crippen LogP contribution is 2.22. The highest BCUT2D eigenvalue weighted by Gasteiger charge is 2.24. The predicted molar refractivity (Wildman–Crippen MR) is 80.2 cm³/mol. The van der Waals surface area contributed by atoms with Crippen molar-refractivity contribution in [3.63, 3.8) is 0 Å². The topological polar surface area (TPSA) is 58.3 Å². The molecule has 1 aromatic heterocycles. The van der Waals surface area contributed by atoms with E-state index in [-0.39, 0.29) is 24.8 Å². The lowest BCUT2D eigenvalue weighted by atomic mass is 10.1. The first kappa shape index (κ1) is 18.1. The van der Waals surface area contributed by atoms with Gasteiger partial charge < -0.3 is 15.5 Å². The van der Waals surface area contributed by atoms with Crippen LogP contribution in [0.2, 0.25) is 0 Å². The van der Waals surface area contributed by atoms with Gasteiger partial charge in [0.2, 0.25) is 5.95 Å². The SMILES string of the molecule is CN(C)c1nc(N2CCC(CN)C2)ncc1F.Cl.Cl. The lowest BCUT2D eigenvalue weighted by Gasteiger charge is -2.19. The summed E-state index contributed by atoms with van der Waals surface area (Å²) in [7, 11) is 3.53. The van der Waals surface area contributed by atoms with Crippen molar-refractivity contribution in [3.05, 3.63) is 12.0 Å². The van der Waals surface area contributed by atoms with Gasteiger partial charge in [0.05, 0.1) is 6.20 Å². The largest absolute Gasteiger partial charge is 0.360 e. The fourth-order valence-corrected chi connectivity index (χ4v) is 2.02. The van der Waals surface area contributed by atoms with Gasteiger partial charge in [0.25, 0.3) is 0 Å². The first-order valence-electron chi connectivity index (χ1n) is 5.76. The van der Waals surface area contributed by atoms with Crippen LogP contribution < -0.4 is 15.5 Å². The Morgan fingerprint density at radius 2 is 2.16 bits per heavy atom. The summed E-state index contributed by atoms with van der Waals surface area (Å²) in [4.78, 5) is 12.0. The molecule has 8 heteroatoms. The molecule has 1 aliphatic heterocycles. The Kier molecular flexibility index (Phi) is 7.33. The summed E-state index contributed by atoms with van der Waals surface area (Å²) in [6.45, 7) is 2.42. The van der Waals surface area contributed by atoms with E-state index in [1.165, 1.54) is 6.20 Å². The Morgan fingerprint density at radius 3 is 2.68 bits per heavy atom. The molecule has 2 rings (SSSR count). The maximum atomic E-state index is 13.4. The molecular formula is C11H20Cl2FN5. The molecule has 0 saturated carbocycles. The van der Waals surface area contributed by atoms with Gasteiger partial charge in [-0.3, -0.25) is 0 Å². The van der Waals surface area contributed by atoms with Gasteiger partial charge in [-0.2, -0.15) is 4.98 Å². The Hall–Kier alpha value is -0.850. The molecule has 0 radical (unpaired) electrons. The summed E-state index contributed by atoms with van der Waals surface area (Å²) in [6, 6.07) is 0. The summed E-state index contributed by atoms with van der Waals surface area (Å²) < 4.78 is 13.4. The molecule has 2 N–H and O–H groups in total. The van der Waals surface area contributed by atoms with Gasteiger partial charge >= 0.3 is 0 Å². The first-order valence-corrected chi connectivity index (χ1v) is 5.76. The molecule has 110 valence electrons. The van der Waals surface area contributed by atoms with Gasteiger partial charge in [-0.1, -0.05) is 0 Å². The third kappa shape index (κ3) is 4.06. The number of halogens is 3. The zero-order chi connectivity index (χ0) is 12.4. The van der Waals surface area contributed by atoms with E-state index in [1.807, 2.05) is 0 Å². The number of rotatable bonds is 3. The van der Waals surface area contributed by atoms with Crippen molar-refractivity contribution in [1.82, 2.24) is 9.97 Å². The van der Waals surface area contributed by atoms with Gasteiger partial charge in [0.15, 0.2) is 11.6 Å². The molecule has 0 bridgehead atoms. The zero-order valence-electron chi connectivity index (χ0n) is 11.0. The molecular weight excluding hydrogens is 292 g/mol. The van der Waals surface area contributed by atoms with E-state index >= 15 is 0 Å². The zero-order valence-corrected chi connectivity index (χ0v) is 12.7. The van der Waals surface area contributed by atoms with Crippen molar-refractivity contribution in [3.8, 4) is 0 Å². The van der Waals surface area contributed by atoms with Gasteiger partial charge in [-0.15, -0.1) is 24.8 Å². The normalized spacial score (nSPS) is 17.7. The minimum absolute atomic E-state index is 0. The second kappa shape index (κ2) is 7.67. The smallest absolute Gasteiger partial charge is 0.227 e. The minimum Gasteiger partial charge on any atom is -0.360 e. The van der Waals surface area contributed by atoms with Gasteiger partial charge in [0.1, 0.15) is 0 Å².